The summed E-state index contributed by atoms with van der Waals surface area (Å²) in [4.78, 5) is 9.92. The maximum Gasteiger partial charge on any atom is 0.310 e. The Kier molecular flexibility index (Phi) is 5.47. The van der Waals surface area contributed by atoms with Crippen molar-refractivity contribution in [2.45, 2.75) is 45.8 Å². The van der Waals surface area contributed by atoms with Crippen LogP contribution in [-0.2, 0) is 8.23 Å². The Morgan fingerprint density at radius 3 is 1.86 bits per heavy atom. The summed E-state index contributed by atoms with van der Waals surface area (Å²) in [6, 6.07) is 0. The normalized spacial score (nSPS) is 14.1. The molecule has 85 valence electrons. The topological polar surface area (TPSA) is 38.7 Å². The van der Waals surface area contributed by atoms with E-state index in [-0.39, 0.29) is 0 Å². The summed E-state index contributed by atoms with van der Waals surface area (Å²) in [6.07, 6.45) is 0. The van der Waals surface area contributed by atoms with Gasteiger partial charge in [-0.15, -0.1) is 0 Å². The van der Waals surface area contributed by atoms with Gasteiger partial charge in [0.1, 0.15) is 0 Å². The molecule has 3 nitrogen and oxygen atoms in total. The van der Waals surface area contributed by atoms with Crippen LogP contribution in [0.15, 0.2) is 0 Å². The number of hydrogen-bond acceptors (Lipinski definition) is 3. The molecule has 0 bridgehead atoms. The Balaban J connectivity index is 4.22. The molecule has 0 unspecified atom stereocenters. The molecule has 0 rings (SSSR count). The van der Waals surface area contributed by atoms with Gasteiger partial charge in [0.05, 0.1) is 0 Å². The van der Waals surface area contributed by atoms with Crippen molar-refractivity contribution in [3.8, 4) is 0 Å². The van der Waals surface area contributed by atoms with E-state index < -0.39 is 34.0 Å². The van der Waals surface area contributed by atoms with E-state index in [9.17, 15) is 4.80 Å². The molecule has 0 aromatic heterocycles. The summed E-state index contributed by atoms with van der Waals surface area (Å²) in [6.45, 7) is 14.4. The van der Waals surface area contributed by atoms with Crippen molar-refractivity contribution in [2.24, 2.45) is 0 Å². The Labute approximate surface area is 93.1 Å². The molecule has 0 atom stereocenters. The molecule has 0 saturated carbocycles. The van der Waals surface area contributed by atoms with Crippen LogP contribution in [0.2, 0.25) is 45.8 Å². The third-order valence-corrected chi connectivity index (χ3v) is 16.9. The van der Waals surface area contributed by atoms with Gasteiger partial charge in [-0.1, -0.05) is 0 Å². The molecule has 0 heterocycles. The molecule has 0 aliphatic rings. The van der Waals surface area contributed by atoms with E-state index in [0.29, 0.717) is 0 Å². The minimum atomic E-state index is -2.07. The molecule has 0 aliphatic carbocycles. The lowest BCUT2D eigenvalue weighted by atomic mass is 11.9. The molecule has 0 aromatic carbocycles. The molecule has 0 amide bonds. The van der Waals surface area contributed by atoms with Crippen molar-refractivity contribution >= 4 is 34.0 Å². The SMILES string of the molecule is C[Si](O[Si](C)(C)O[SiH](C)C)[Si](C)(C)O. The zero-order valence-corrected chi connectivity index (χ0v) is 14.5. The van der Waals surface area contributed by atoms with E-state index >= 15 is 0 Å². The summed E-state index contributed by atoms with van der Waals surface area (Å²) < 4.78 is 11.9. The fraction of sp³-hybridized carbons (Fsp3) is 1.00. The van der Waals surface area contributed by atoms with Gasteiger partial charge in [0.2, 0.25) is 8.56 Å². The monoisotopic (exact) mass is 267 g/mol. The van der Waals surface area contributed by atoms with Crippen LogP contribution in [0.4, 0.5) is 0 Å². The quantitative estimate of drug-likeness (QED) is 0.769. The van der Waals surface area contributed by atoms with Gasteiger partial charge in [-0.05, 0) is 45.8 Å². The lowest BCUT2D eigenvalue weighted by molar-refractivity contribution is 0.413. The average molecular weight is 268 g/mol. The summed E-state index contributed by atoms with van der Waals surface area (Å²) in [5.74, 6) is 0. The molecular weight excluding hydrogens is 244 g/mol. The van der Waals surface area contributed by atoms with Crippen LogP contribution >= 0.6 is 0 Å². The Morgan fingerprint density at radius 2 is 1.57 bits per heavy atom. The minimum Gasteiger partial charge on any atom is -0.440 e. The molecule has 0 aliphatic heterocycles. The van der Waals surface area contributed by atoms with Gasteiger partial charge in [-0.25, -0.2) is 0 Å². The zero-order valence-electron chi connectivity index (χ0n) is 10.3. The van der Waals surface area contributed by atoms with E-state index in [1.54, 1.807) is 0 Å². The molecule has 0 saturated heterocycles. The third-order valence-electron chi connectivity index (χ3n) is 1.78. The van der Waals surface area contributed by atoms with Gasteiger partial charge in [-0.2, -0.15) is 0 Å². The first-order valence-electron chi connectivity index (χ1n) is 4.98. The summed E-state index contributed by atoms with van der Waals surface area (Å²) in [7, 11) is -6.10. The Hall–Kier alpha value is 0.748. The highest BCUT2D eigenvalue weighted by atomic mass is 29.3. The first-order chi connectivity index (χ1) is 6.04. The predicted molar refractivity (Wildman–Crippen MR) is 69.8 cm³/mol. The molecule has 0 aromatic rings. The fourth-order valence-corrected chi connectivity index (χ4v) is 14.7. The maximum atomic E-state index is 9.92. The van der Waals surface area contributed by atoms with Gasteiger partial charge in [0.15, 0.2) is 16.9 Å². The third kappa shape index (κ3) is 6.27. The highest BCUT2D eigenvalue weighted by Gasteiger charge is 2.37. The maximum absolute atomic E-state index is 9.92. The second-order valence-electron chi connectivity index (χ2n) is 4.78. The Bertz CT molecular complexity index is 178. The lowest BCUT2D eigenvalue weighted by Gasteiger charge is -2.32. The van der Waals surface area contributed by atoms with Crippen LogP contribution in [0.1, 0.15) is 0 Å². The van der Waals surface area contributed by atoms with E-state index in [4.69, 9.17) is 8.23 Å². The summed E-state index contributed by atoms with van der Waals surface area (Å²) in [5, 5.41) is 0. The van der Waals surface area contributed by atoms with Crippen LogP contribution in [0, 0.1) is 0 Å². The first-order valence-corrected chi connectivity index (χ1v) is 16.4. The van der Waals surface area contributed by atoms with Crippen molar-refractivity contribution < 1.29 is 13.0 Å². The highest BCUT2D eigenvalue weighted by molar-refractivity contribution is 7.27. The van der Waals surface area contributed by atoms with Crippen LogP contribution in [0.5, 0.6) is 0 Å². The van der Waals surface area contributed by atoms with Crippen LogP contribution in [0.3, 0.4) is 0 Å². The molecular formula is C7H23O3Si4. The molecule has 14 heavy (non-hydrogen) atoms. The van der Waals surface area contributed by atoms with Gasteiger partial charge < -0.3 is 13.0 Å². The van der Waals surface area contributed by atoms with E-state index in [1.807, 2.05) is 13.1 Å². The number of hydrogen-bond donors (Lipinski definition) is 1. The molecule has 1 N–H and O–H groups in total. The van der Waals surface area contributed by atoms with Crippen molar-refractivity contribution in [1.82, 2.24) is 0 Å². The van der Waals surface area contributed by atoms with E-state index in [1.165, 1.54) is 0 Å². The van der Waals surface area contributed by atoms with Crippen molar-refractivity contribution in [3.63, 3.8) is 0 Å². The van der Waals surface area contributed by atoms with Crippen LogP contribution < -0.4 is 0 Å². The second kappa shape index (κ2) is 5.19. The molecule has 0 fully saturated rings. The Morgan fingerprint density at radius 1 is 1.14 bits per heavy atom. The largest absolute Gasteiger partial charge is 0.440 e. The molecule has 1 radical (unpaired) electrons. The van der Waals surface area contributed by atoms with Gasteiger partial charge in [0.25, 0.3) is 0 Å². The number of rotatable bonds is 5. The smallest absolute Gasteiger partial charge is 0.310 e. The first kappa shape index (κ1) is 14.7. The van der Waals surface area contributed by atoms with Crippen LogP contribution in [-0.4, -0.2) is 38.8 Å². The average Bonchev–Trinajstić information content (AvgIpc) is 1.79. The lowest BCUT2D eigenvalue weighted by Crippen LogP contribution is -2.53. The van der Waals surface area contributed by atoms with Gasteiger partial charge in [-0.3, -0.25) is 0 Å². The van der Waals surface area contributed by atoms with E-state index in [2.05, 4.69) is 32.7 Å². The standard InChI is InChI=1S/C7H23O3Si4/c1-11(2)9-14(6,7)10-12(3)13(4,5)8/h8,11H,1-7H3. The summed E-state index contributed by atoms with van der Waals surface area (Å²) in [5.41, 5.74) is 0. The predicted octanol–water partition coefficient (Wildman–Crippen LogP) is 1.60. The zero-order chi connectivity index (χ0) is 11.6. The molecule has 7 heteroatoms. The van der Waals surface area contributed by atoms with Crippen molar-refractivity contribution in [2.75, 3.05) is 0 Å². The second-order valence-corrected chi connectivity index (χ2v) is 21.5. The van der Waals surface area contributed by atoms with E-state index in [0.717, 1.165) is 0 Å². The van der Waals surface area contributed by atoms with Crippen molar-refractivity contribution in [3.05, 3.63) is 0 Å². The highest BCUT2D eigenvalue weighted by Crippen LogP contribution is 2.14. The van der Waals surface area contributed by atoms with Crippen LogP contribution in [0.25, 0.3) is 0 Å². The summed E-state index contributed by atoms with van der Waals surface area (Å²) >= 11 is 0. The van der Waals surface area contributed by atoms with Gasteiger partial charge in [0, 0.05) is 0 Å². The van der Waals surface area contributed by atoms with Crippen molar-refractivity contribution in [1.29, 1.82) is 0 Å². The van der Waals surface area contributed by atoms with Gasteiger partial charge >= 0.3 is 8.56 Å². The fourth-order valence-electron chi connectivity index (χ4n) is 1.09. The molecule has 0 spiro atoms. The minimum absolute atomic E-state index is 1.02.